The smallest absolute Gasteiger partial charge is 0.326 e. The molecule has 2 heterocycles. The average Bonchev–Trinajstić information content (AvgIpc) is 3.00. The number of nitrogens with one attached hydrogen (secondary N) is 1. The molecule has 1 aliphatic rings. The topological polar surface area (TPSA) is 82.6 Å². The summed E-state index contributed by atoms with van der Waals surface area (Å²) in [6.45, 7) is 2.12. The summed E-state index contributed by atoms with van der Waals surface area (Å²) in [6.07, 6.45) is 3.15. The molecule has 1 atom stereocenters. The molecule has 1 saturated heterocycles. The van der Waals surface area contributed by atoms with Gasteiger partial charge in [-0.2, -0.15) is 0 Å². The van der Waals surface area contributed by atoms with E-state index in [1.807, 2.05) is 43.3 Å². The van der Waals surface area contributed by atoms with Gasteiger partial charge in [-0.05, 0) is 42.8 Å². The van der Waals surface area contributed by atoms with Gasteiger partial charge in [0.25, 0.3) is 5.91 Å². The SMILES string of the molecule is Cc1ccc(N2C(=O)C(CC(=O)Nc3ccccc3)N(Cc3cccnc3)C2=O)cc1. The second kappa shape index (κ2) is 8.79. The number of aryl methyl sites for hydroxylation is 1. The van der Waals surface area contributed by atoms with E-state index in [-0.39, 0.29) is 18.9 Å². The first kappa shape index (κ1) is 20.3. The van der Waals surface area contributed by atoms with E-state index in [0.29, 0.717) is 11.4 Å². The summed E-state index contributed by atoms with van der Waals surface area (Å²) in [7, 11) is 0. The van der Waals surface area contributed by atoms with Gasteiger partial charge in [0.2, 0.25) is 5.91 Å². The predicted octanol–water partition coefficient (Wildman–Crippen LogP) is 3.76. The third-order valence-electron chi connectivity index (χ3n) is 5.12. The Morgan fingerprint density at radius 3 is 2.42 bits per heavy atom. The Bertz CT molecular complexity index is 1080. The summed E-state index contributed by atoms with van der Waals surface area (Å²) >= 11 is 0. The molecule has 0 spiro atoms. The lowest BCUT2D eigenvalue weighted by Gasteiger charge is -2.21. The normalized spacial score (nSPS) is 16.0. The fraction of sp³-hybridized carbons (Fsp3) is 0.167. The van der Waals surface area contributed by atoms with Crippen molar-refractivity contribution in [3.8, 4) is 0 Å². The minimum absolute atomic E-state index is 0.137. The molecule has 0 aliphatic carbocycles. The molecule has 3 aromatic rings. The van der Waals surface area contributed by atoms with E-state index >= 15 is 0 Å². The molecule has 156 valence electrons. The van der Waals surface area contributed by atoms with Crippen LogP contribution in [0.25, 0.3) is 0 Å². The fourth-order valence-corrected chi connectivity index (χ4v) is 3.54. The zero-order valence-corrected chi connectivity index (χ0v) is 17.1. The van der Waals surface area contributed by atoms with Gasteiger partial charge in [0.1, 0.15) is 6.04 Å². The van der Waals surface area contributed by atoms with Crippen molar-refractivity contribution >= 4 is 29.2 Å². The maximum absolute atomic E-state index is 13.3. The van der Waals surface area contributed by atoms with Crippen molar-refractivity contribution in [2.24, 2.45) is 0 Å². The number of hydrogen-bond acceptors (Lipinski definition) is 4. The number of amides is 4. The van der Waals surface area contributed by atoms with Gasteiger partial charge >= 0.3 is 6.03 Å². The number of hydrogen-bond donors (Lipinski definition) is 1. The number of para-hydroxylation sites is 1. The second-order valence-corrected chi connectivity index (χ2v) is 7.42. The molecule has 0 saturated carbocycles. The number of anilines is 2. The van der Waals surface area contributed by atoms with Crippen molar-refractivity contribution in [1.82, 2.24) is 9.88 Å². The van der Waals surface area contributed by atoms with E-state index < -0.39 is 18.0 Å². The lowest BCUT2D eigenvalue weighted by molar-refractivity contribution is -0.124. The van der Waals surface area contributed by atoms with E-state index in [2.05, 4.69) is 10.3 Å². The van der Waals surface area contributed by atoms with Crippen LogP contribution >= 0.6 is 0 Å². The number of carbonyl (C=O) groups excluding carboxylic acids is 3. The van der Waals surface area contributed by atoms with Gasteiger partial charge < -0.3 is 10.2 Å². The third-order valence-corrected chi connectivity index (χ3v) is 5.12. The zero-order chi connectivity index (χ0) is 21.8. The summed E-state index contributed by atoms with van der Waals surface area (Å²) in [5.74, 6) is -0.750. The Morgan fingerprint density at radius 1 is 1.00 bits per heavy atom. The summed E-state index contributed by atoms with van der Waals surface area (Å²) < 4.78 is 0. The van der Waals surface area contributed by atoms with Crippen LogP contribution in [0.1, 0.15) is 17.5 Å². The fourth-order valence-electron chi connectivity index (χ4n) is 3.54. The number of rotatable bonds is 6. The molecular formula is C24H22N4O3. The van der Waals surface area contributed by atoms with E-state index in [0.717, 1.165) is 16.0 Å². The highest BCUT2D eigenvalue weighted by molar-refractivity contribution is 6.22. The maximum atomic E-state index is 13.3. The maximum Gasteiger partial charge on any atom is 0.332 e. The molecule has 7 heteroatoms. The second-order valence-electron chi connectivity index (χ2n) is 7.42. The van der Waals surface area contributed by atoms with Crippen LogP contribution in [0, 0.1) is 6.92 Å². The minimum Gasteiger partial charge on any atom is -0.326 e. The molecule has 0 bridgehead atoms. The minimum atomic E-state index is -0.905. The first-order valence-electron chi connectivity index (χ1n) is 9.98. The standard InChI is InChI=1S/C24H22N4O3/c1-17-9-11-20(12-10-17)28-23(30)21(14-22(29)26-19-7-3-2-4-8-19)27(24(28)31)16-18-6-5-13-25-15-18/h2-13,15,21H,14,16H2,1H3,(H,26,29). The van der Waals surface area contributed by atoms with Gasteiger partial charge in [-0.15, -0.1) is 0 Å². The molecule has 0 radical (unpaired) electrons. The van der Waals surface area contributed by atoms with Gasteiger partial charge in [0.15, 0.2) is 0 Å². The van der Waals surface area contributed by atoms with E-state index in [9.17, 15) is 14.4 Å². The van der Waals surface area contributed by atoms with Crippen molar-refractivity contribution in [3.05, 3.63) is 90.3 Å². The number of carbonyl (C=O) groups is 3. The van der Waals surface area contributed by atoms with Gasteiger partial charge in [0.05, 0.1) is 12.1 Å². The molecule has 31 heavy (non-hydrogen) atoms. The highest BCUT2D eigenvalue weighted by Gasteiger charge is 2.46. The number of nitrogens with zero attached hydrogens (tertiary/aromatic N) is 3. The van der Waals surface area contributed by atoms with E-state index in [1.54, 1.807) is 42.7 Å². The van der Waals surface area contributed by atoms with Crippen LogP contribution in [0.15, 0.2) is 79.1 Å². The number of benzene rings is 2. The Balaban J connectivity index is 1.60. The summed E-state index contributed by atoms with van der Waals surface area (Å²) in [5, 5.41) is 2.79. The first-order valence-corrected chi connectivity index (χ1v) is 9.98. The molecular weight excluding hydrogens is 392 g/mol. The first-order chi connectivity index (χ1) is 15.0. The molecule has 1 aromatic heterocycles. The summed E-state index contributed by atoms with van der Waals surface area (Å²) in [4.78, 5) is 45.8. The van der Waals surface area contributed by atoms with Crippen LogP contribution in [0.5, 0.6) is 0 Å². The Hall–Kier alpha value is -4.00. The van der Waals surface area contributed by atoms with Gasteiger partial charge in [-0.1, -0.05) is 42.0 Å². The van der Waals surface area contributed by atoms with Crippen molar-refractivity contribution in [1.29, 1.82) is 0 Å². The largest absolute Gasteiger partial charge is 0.332 e. The lowest BCUT2D eigenvalue weighted by atomic mass is 10.1. The Labute approximate surface area is 180 Å². The van der Waals surface area contributed by atoms with Gasteiger partial charge in [0, 0.05) is 24.6 Å². The molecule has 1 unspecified atom stereocenters. The molecule has 2 aromatic carbocycles. The summed E-state index contributed by atoms with van der Waals surface area (Å²) in [6, 6.07) is 18.4. The van der Waals surface area contributed by atoms with Crippen molar-refractivity contribution in [2.75, 3.05) is 10.2 Å². The number of urea groups is 1. The zero-order valence-electron chi connectivity index (χ0n) is 17.1. The molecule has 4 amide bonds. The van der Waals surface area contributed by atoms with Crippen LogP contribution in [0.4, 0.5) is 16.2 Å². The van der Waals surface area contributed by atoms with Gasteiger partial charge in [-0.3, -0.25) is 14.6 Å². The quantitative estimate of drug-likeness (QED) is 0.623. The van der Waals surface area contributed by atoms with E-state index in [1.165, 1.54) is 4.90 Å². The molecule has 4 rings (SSSR count). The number of pyridine rings is 1. The van der Waals surface area contributed by atoms with Crippen LogP contribution in [-0.4, -0.2) is 33.8 Å². The Kier molecular flexibility index (Phi) is 5.75. The van der Waals surface area contributed by atoms with Crippen LogP contribution in [0.2, 0.25) is 0 Å². The average molecular weight is 414 g/mol. The molecule has 1 N–H and O–H groups in total. The monoisotopic (exact) mass is 414 g/mol. The van der Waals surface area contributed by atoms with Crippen molar-refractivity contribution < 1.29 is 14.4 Å². The van der Waals surface area contributed by atoms with Crippen molar-refractivity contribution in [2.45, 2.75) is 25.9 Å². The molecule has 1 aliphatic heterocycles. The van der Waals surface area contributed by atoms with Crippen LogP contribution in [0.3, 0.4) is 0 Å². The molecule has 7 nitrogen and oxygen atoms in total. The highest BCUT2D eigenvalue weighted by Crippen LogP contribution is 2.28. The van der Waals surface area contributed by atoms with Crippen molar-refractivity contribution in [3.63, 3.8) is 0 Å². The number of aromatic nitrogens is 1. The Morgan fingerprint density at radius 2 is 1.74 bits per heavy atom. The van der Waals surface area contributed by atoms with E-state index in [4.69, 9.17) is 0 Å². The number of imide groups is 1. The molecule has 1 fully saturated rings. The third kappa shape index (κ3) is 4.45. The predicted molar refractivity (Wildman–Crippen MR) is 117 cm³/mol. The summed E-state index contributed by atoms with van der Waals surface area (Å²) in [5.41, 5.74) is 2.93. The van der Waals surface area contributed by atoms with Gasteiger partial charge in [-0.25, -0.2) is 9.69 Å². The highest BCUT2D eigenvalue weighted by atomic mass is 16.2. The lowest BCUT2D eigenvalue weighted by Crippen LogP contribution is -2.37. The van der Waals surface area contributed by atoms with Crippen LogP contribution in [-0.2, 0) is 16.1 Å². The van der Waals surface area contributed by atoms with Crippen LogP contribution < -0.4 is 10.2 Å².